The summed E-state index contributed by atoms with van der Waals surface area (Å²) in [6.07, 6.45) is 3.26. The van der Waals surface area contributed by atoms with Gasteiger partial charge in [-0.1, -0.05) is 29.8 Å². The van der Waals surface area contributed by atoms with Crippen molar-refractivity contribution in [2.75, 3.05) is 6.79 Å². The molecule has 0 radical (unpaired) electrons. The number of ketones is 1. The van der Waals surface area contributed by atoms with Crippen LogP contribution in [0.15, 0.2) is 72.6 Å². The molecule has 5 rings (SSSR count). The van der Waals surface area contributed by atoms with Crippen LogP contribution >= 0.6 is 11.6 Å². The van der Waals surface area contributed by atoms with E-state index < -0.39 is 17.7 Å². The van der Waals surface area contributed by atoms with Crippen molar-refractivity contribution in [1.29, 1.82) is 0 Å². The summed E-state index contributed by atoms with van der Waals surface area (Å²) in [7, 11) is 0. The number of pyridine rings is 1. The van der Waals surface area contributed by atoms with Crippen LogP contribution in [0.4, 0.5) is 0 Å². The maximum absolute atomic E-state index is 13.1. The van der Waals surface area contributed by atoms with Crippen molar-refractivity contribution in [1.82, 2.24) is 9.88 Å². The Bertz CT molecular complexity index is 1260. The third-order valence-electron chi connectivity index (χ3n) is 5.43. The smallest absolute Gasteiger partial charge is 0.295 e. The molecule has 2 aliphatic heterocycles. The van der Waals surface area contributed by atoms with Gasteiger partial charge in [0.05, 0.1) is 11.6 Å². The molecule has 0 bridgehead atoms. The number of aromatic nitrogens is 1. The Morgan fingerprint density at radius 3 is 2.72 bits per heavy atom. The summed E-state index contributed by atoms with van der Waals surface area (Å²) in [6.45, 7) is 0.227. The molecule has 1 unspecified atom stereocenters. The van der Waals surface area contributed by atoms with Gasteiger partial charge in [0, 0.05) is 29.5 Å². The summed E-state index contributed by atoms with van der Waals surface area (Å²) in [5.74, 6) is -0.765. The predicted octanol–water partition coefficient (Wildman–Crippen LogP) is 4.09. The van der Waals surface area contributed by atoms with Gasteiger partial charge in [-0.3, -0.25) is 14.6 Å². The Hall–Kier alpha value is -3.84. The zero-order chi connectivity index (χ0) is 22.2. The zero-order valence-electron chi connectivity index (χ0n) is 16.7. The highest BCUT2D eigenvalue weighted by molar-refractivity contribution is 6.46. The lowest BCUT2D eigenvalue weighted by atomic mass is 9.95. The van der Waals surface area contributed by atoms with Gasteiger partial charge < -0.3 is 19.5 Å². The minimum atomic E-state index is -0.820. The number of aliphatic hydroxyl groups excluding tert-OH is 1. The van der Waals surface area contributed by atoms with Crippen molar-refractivity contribution in [2.24, 2.45) is 0 Å². The topological polar surface area (TPSA) is 89.0 Å². The normalized spacial score (nSPS) is 18.9. The fourth-order valence-electron chi connectivity index (χ4n) is 3.95. The molecule has 7 nitrogen and oxygen atoms in total. The number of halogens is 1. The van der Waals surface area contributed by atoms with E-state index in [0.29, 0.717) is 27.6 Å². The van der Waals surface area contributed by atoms with Crippen LogP contribution in [0.1, 0.15) is 22.7 Å². The van der Waals surface area contributed by atoms with E-state index in [1.54, 1.807) is 60.9 Å². The molecule has 3 aromatic rings. The van der Waals surface area contributed by atoms with Crippen molar-refractivity contribution < 1.29 is 24.2 Å². The number of amides is 1. The van der Waals surface area contributed by atoms with Crippen LogP contribution in [0.5, 0.6) is 11.5 Å². The predicted molar refractivity (Wildman–Crippen MR) is 116 cm³/mol. The highest BCUT2D eigenvalue weighted by Crippen LogP contribution is 2.42. The largest absolute Gasteiger partial charge is 0.507 e. The second kappa shape index (κ2) is 8.01. The maximum atomic E-state index is 13.1. The third-order valence-corrected chi connectivity index (χ3v) is 5.66. The number of nitrogens with zero attached hydrogens (tertiary/aromatic N) is 2. The summed E-state index contributed by atoms with van der Waals surface area (Å²) >= 11 is 6.20. The van der Waals surface area contributed by atoms with Crippen LogP contribution in [0.3, 0.4) is 0 Å². The summed E-state index contributed by atoms with van der Waals surface area (Å²) in [6, 6.07) is 14.5. The molecule has 0 spiro atoms. The third kappa shape index (κ3) is 3.46. The summed E-state index contributed by atoms with van der Waals surface area (Å²) < 4.78 is 10.7. The average molecular weight is 449 g/mol. The molecule has 1 fully saturated rings. The Morgan fingerprint density at radius 2 is 1.94 bits per heavy atom. The van der Waals surface area contributed by atoms with E-state index in [9.17, 15) is 14.7 Å². The second-order valence-electron chi connectivity index (χ2n) is 7.41. The second-order valence-corrected chi connectivity index (χ2v) is 7.85. The maximum Gasteiger partial charge on any atom is 0.295 e. The fourth-order valence-corrected chi connectivity index (χ4v) is 4.15. The molecule has 2 aromatic carbocycles. The van der Waals surface area contributed by atoms with Crippen molar-refractivity contribution in [3.05, 3.63) is 94.3 Å². The van der Waals surface area contributed by atoms with Crippen LogP contribution in [0, 0.1) is 0 Å². The van der Waals surface area contributed by atoms with E-state index in [2.05, 4.69) is 4.98 Å². The number of fused-ring (bicyclic) bond motifs is 1. The average Bonchev–Trinajstić information content (AvgIpc) is 3.37. The molecule has 32 heavy (non-hydrogen) atoms. The van der Waals surface area contributed by atoms with E-state index in [1.165, 1.54) is 4.90 Å². The number of likely N-dealkylation sites (tertiary alicyclic amines) is 1. The van der Waals surface area contributed by atoms with E-state index in [0.717, 1.165) is 5.56 Å². The molecule has 8 heteroatoms. The van der Waals surface area contributed by atoms with Gasteiger partial charge in [0.2, 0.25) is 6.79 Å². The quantitative estimate of drug-likeness (QED) is 0.367. The van der Waals surface area contributed by atoms with Gasteiger partial charge in [0.1, 0.15) is 5.76 Å². The number of benzene rings is 2. The van der Waals surface area contributed by atoms with Crippen LogP contribution in [0.25, 0.3) is 5.76 Å². The van der Waals surface area contributed by atoms with Crippen LogP contribution in [0.2, 0.25) is 5.02 Å². The van der Waals surface area contributed by atoms with Crippen molar-refractivity contribution >= 4 is 29.1 Å². The summed E-state index contributed by atoms with van der Waals surface area (Å²) in [4.78, 5) is 31.7. The number of carbonyl (C=O) groups is 2. The van der Waals surface area contributed by atoms with Crippen molar-refractivity contribution in [3.63, 3.8) is 0 Å². The molecule has 1 amide bonds. The summed E-state index contributed by atoms with van der Waals surface area (Å²) in [5, 5.41) is 11.6. The van der Waals surface area contributed by atoms with Crippen LogP contribution < -0.4 is 9.47 Å². The van der Waals surface area contributed by atoms with E-state index in [-0.39, 0.29) is 24.7 Å². The van der Waals surface area contributed by atoms with Gasteiger partial charge in [0.25, 0.3) is 11.7 Å². The van der Waals surface area contributed by atoms with E-state index in [1.807, 2.05) is 6.07 Å². The zero-order valence-corrected chi connectivity index (χ0v) is 17.5. The first kappa shape index (κ1) is 20.1. The molecule has 1 N–H and O–H groups in total. The minimum absolute atomic E-state index is 0.0139. The number of carbonyl (C=O) groups excluding carboxylic acids is 2. The van der Waals surface area contributed by atoms with Gasteiger partial charge in [-0.25, -0.2) is 0 Å². The number of aliphatic hydroxyl groups is 1. The minimum Gasteiger partial charge on any atom is -0.507 e. The van der Waals surface area contributed by atoms with Gasteiger partial charge in [-0.05, 0) is 47.5 Å². The van der Waals surface area contributed by atoms with Crippen LogP contribution in [-0.4, -0.2) is 33.5 Å². The highest BCUT2D eigenvalue weighted by atomic mass is 35.5. The SMILES string of the molecule is O=C1C(=O)N(Cc2cccnc2)C(c2cccc(Cl)c2)/C1=C(\O)c1ccc2c(c1)OCO2. The molecule has 0 saturated carbocycles. The van der Waals surface area contributed by atoms with Crippen LogP contribution in [-0.2, 0) is 16.1 Å². The molecular weight excluding hydrogens is 432 g/mol. The standard InChI is InChI=1S/C24H17ClN2O5/c25-17-5-1-4-15(9-17)21-20(22(28)16-6-7-18-19(10-16)32-13-31-18)23(29)24(30)27(21)12-14-3-2-8-26-11-14/h1-11,21,28H,12-13H2/b22-20+. The first-order valence-electron chi connectivity index (χ1n) is 9.86. The summed E-state index contributed by atoms with van der Waals surface area (Å²) in [5.41, 5.74) is 1.70. The molecule has 0 aliphatic carbocycles. The van der Waals surface area contributed by atoms with E-state index in [4.69, 9.17) is 21.1 Å². The molecule has 160 valence electrons. The number of hydrogen-bond acceptors (Lipinski definition) is 6. The lowest BCUT2D eigenvalue weighted by Gasteiger charge is -2.25. The lowest BCUT2D eigenvalue weighted by molar-refractivity contribution is -0.140. The van der Waals surface area contributed by atoms with Gasteiger partial charge >= 0.3 is 0 Å². The van der Waals surface area contributed by atoms with Gasteiger partial charge in [-0.15, -0.1) is 0 Å². The van der Waals surface area contributed by atoms with Gasteiger partial charge in [-0.2, -0.15) is 0 Å². The van der Waals surface area contributed by atoms with Gasteiger partial charge in [0.15, 0.2) is 11.5 Å². The number of Topliss-reactive ketones (excluding diaryl/α,β-unsaturated/α-hetero) is 1. The number of ether oxygens (including phenoxy) is 2. The Morgan fingerprint density at radius 1 is 1.09 bits per heavy atom. The molecule has 1 aromatic heterocycles. The van der Waals surface area contributed by atoms with E-state index >= 15 is 0 Å². The molecule has 1 saturated heterocycles. The highest BCUT2D eigenvalue weighted by Gasteiger charge is 2.46. The lowest BCUT2D eigenvalue weighted by Crippen LogP contribution is -2.29. The molecule has 3 heterocycles. The Kier molecular flexibility index (Phi) is 5.03. The van der Waals surface area contributed by atoms with Crippen molar-refractivity contribution in [2.45, 2.75) is 12.6 Å². The fraction of sp³-hybridized carbons (Fsp3) is 0.125. The molecular formula is C24H17ClN2O5. The Labute approximate surface area is 188 Å². The molecule has 1 atom stereocenters. The van der Waals surface area contributed by atoms with Crippen molar-refractivity contribution in [3.8, 4) is 11.5 Å². The number of rotatable bonds is 4. The number of hydrogen-bond donors (Lipinski definition) is 1. The first-order valence-corrected chi connectivity index (χ1v) is 10.2. The Balaban J connectivity index is 1.65. The molecule has 2 aliphatic rings. The first-order chi connectivity index (χ1) is 15.5. The monoisotopic (exact) mass is 448 g/mol.